The predicted octanol–water partition coefficient (Wildman–Crippen LogP) is -1.49. The molecule has 0 aromatic heterocycles. The minimum absolute atomic E-state index is 0.00393. The van der Waals surface area contributed by atoms with E-state index in [2.05, 4.69) is 0 Å². The summed E-state index contributed by atoms with van der Waals surface area (Å²) in [5, 5.41) is 71.6. The molecule has 2 fully saturated rings. The Kier molecular flexibility index (Phi) is 9.66. The molecule has 0 radical (unpaired) electrons. The van der Waals surface area contributed by atoms with E-state index in [4.69, 9.17) is 14.2 Å². The summed E-state index contributed by atoms with van der Waals surface area (Å²) in [5.41, 5.74) is -1.32. The number of aliphatic hydroxyl groups excluding tert-OH is 7. The second-order valence-electron chi connectivity index (χ2n) is 9.08. The van der Waals surface area contributed by atoms with Gasteiger partial charge in [0.2, 0.25) is 0 Å². The fourth-order valence-corrected chi connectivity index (χ4v) is 4.79. The lowest BCUT2D eigenvalue weighted by Gasteiger charge is -2.51. The lowest BCUT2D eigenvalue weighted by molar-refractivity contribution is -0.350. The normalized spacial score (nSPS) is 44.6. The topological polar surface area (TPSA) is 169 Å². The van der Waals surface area contributed by atoms with Gasteiger partial charge in [0, 0.05) is 5.92 Å². The van der Waals surface area contributed by atoms with Gasteiger partial charge < -0.3 is 50.0 Å². The average Bonchev–Trinajstić information content (AvgIpc) is 2.75. The van der Waals surface area contributed by atoms with Gasteiger partial charge in [0.15, 0.2) is 6.29 Å². The van der Waals surface area contributed by atoms with Gasteiger partial charge in [-0.05, 0) is 19.3 Å². The minimum atomic E-state index is -1.57. The van der Waals surface area contributed by atoms with E-state index in [0.29, 0.717) is 0 Å². The monoisotopic (exact) mass is 452 g/mol. The molecule has 0 bridgehead atoms. The Balaban J connectivity index is 2.23. The van der Waals surface area contributed by atoms with Gasteiger partial charge in [-0.3, -0.25) is 0 Å². The Morgan fingerprint density at radius 3 is 1.97 bits per heavy atom. The Labute approximate surface area is 183 Å². The Bertz CT molecular complexity index is 546. The van der Waals surface area contributed by atoms with Crippen LogP contribution in [0.2, 0.25) is 0 Å². The van der Waals surface area contributed by atoms with Crippen molar-refractivity contribution in [2.24, 2.45) is 11.8 Å². The molecular formula is C21H40O10. The molecule has 2 rings (SSSR count). The first-order valence-corrected chi connectivity index (χ1v) is 11.2. The SMILES string of the molecule is CCCC(C)[C@@H]1C(CO)O[C@H](OC(C)(CC)[C@@H]2OC(CO)[C@H](O)C(O)C2O)C(O)C1O. The van der Waals surface area contributed by atoms with E-state index in [1.165, 1.54) is 0 Å². The van der Waals surface area contributed by atoms with Crippen molar-refractivity contribution >= 4 is 0 Å². The summed E-state index contributed by atoms with van der Waals surface area (Å²) in [6.45, 7) is 6.32. The summed E-state index contributed by atoms with van der Waals surface area (Å²) in [6.07, 6.45) is -9.66. The fourth-order valence-electron chi connectivity index (χ4n) is 4.79. The number of aliphatic hydroxyl groups is 7. The van der Waals surface area contributed by atoms with Crippen LogP contribution in [0.1, 0.15) is 47.0 Å². The lowest BCUT2D eigenvalue weighted by atomic mass is 9.78. The molecule has 0 amide bonds. The maximum Gasteiger partial charge on any atom is 0.187 e. The highest BCUT2D eigenvalue weighted by molar-refractivity contribution is 5.01. The van der Waals surface area contributed by atoms with Crippen molar-refractivity contribution in [2.45, 2.75) is 108 Å². The molecule has 2 aliphatic heterocycles. The molecule has 31 heavy (non-hydrogen) atoms. The number of ether oxygens (including phenoxy) is 3. The minimum Gasteiger partial charge on any atom is -0.394 e. The van der Waals surface area contributed by atoms with Gasteiger partial charge >= 0.3 is 0 Å². The van der Waals surface area contributed by atoms with Crippen molar-refractivity contribution in [3.63, 3.8) is 0 Å². The van der Waals surface area contributed by atoms with Crippen molar-refractivity contribution < 1.29 is 50.0 Å². The first-order chi connectivity index (χ1) is 14.6. The van der Waals surface area contributed by atoms with Crippen LogP contribution in [0.5, 0.6) is 0 Å². The molecule has 184 valence electrons. The summed E-state index contributed by atoms with van der Waals surface area (Å²) in [6, 6.07) is 0. The van der Waals surface area contributed by atoms with Crippen LogP contribution < -0.4 is 0 Å². The van der Waals surface area contributed by atoms with Crippen molar-refractivity contribution in [2.75, 3.05) is 13.2 Å². The van der Waals surface area contributed by atoms with Crippen LogP contribution >= 0.6 is 0 Å². The van der Waals surface area contributed by atoms with Gasteiger partial charge in [0.05, 0.1) is 31.0 Å². The zero-order valence-corrected chi connectivity index (χ0v) is 18.7. The number of hydrogen-bond acceptors (Lipinski definition) is 10. The molecular weight excluding hydrogens is 412 g/mol. The molecule has 0 aromatic carbocycles. The van der Waals surface area contributed by atoms with E-state index in [1.54, 1.807) is 13.8 Å². The third-order valence-electron chi connectivity index (χ3n) is 6.92. The van der Waals surface area contributed by atoms with Crippen molar-refractivity contribution in [1.82, 2.24) is 0 Å². The largest absolute Gasteiger partial charge is 0.394 e. The molecule has 10 heteroatoms. The highest BCUT2D eigenvalue weighted by Gasteiger charge is 2.54. The molecule has 10 nitrogen and oxygen atoms in total. The van der Waals surface area contributed by atoms with Crippen LogP contribution in [0.3, 0.4) is 0 Å². The molecule has 2 saturated heterocycles. The fraction of sp³-hybridized carbons (Fsp3) is 1.00. The molecule has 8 unspecified atom stereocenters. The summed E-state index contributed by atoms with van der Waals surface area (Å²) >= 11 is 0. The second kappa shape index (κ2) is 11.1. The smallest absolute Gasteiger partial charge is 0.187 e. The zero-order chi connectivity index (χ0) is 23.5. The Morgan fingerprint density at radius 2 is 1.45 bits per heavy atom. The maximum absolute atomic E-state index is 10.8. The van der Waals surface area contributed by atoms with Crippen LogP contribution in [0.4, 0.5) is 0 Å². The van der Waals surface area contributed by atoms with Gasteiger partial charge in [-0.1, -0.05) is 33.6 Å². The molecule has 12 atom stereocenters. The molecule has 0 aromatic rings. The first kappa shape index (κ1) is 26.8. The van der Waals surface area contributed by atoms with Gasteiger partial charge in [-0.2, -0.15) is 0 Å². The standard InChI is InChI=1S/C21H40O10/c1-5-7-10(3)13-11(8-22)30-20(18(28)15(13)25)31-21(4,6-2)19-17(27)16(26)14(24)12(9-23)29-19/h10-20,22-28H,5-9H2,1-4H3/t10?,11?,12?,13-,14+,15?,16?,17?,18?,19-,20-,21?/m1/s1. The molecule has 0 saturated carbocycles. The van der Waals surface area contributed by atoms with E-state index in [1.807, 2.05) is 13.8 Å². The van der Waals surface area contributed by atoms with Gasteiger partial charge in [-0.15, -0.1) is 0 Å². The number of rotatable bonds is 9. The van der Waals surface area contributed by atoms with Crippen LogP contribution in [-0.4, -0.2) is 110 Å². The third-order valence-corrected chi connectivity index (χ3v) is 6.92. The quantitative estimate of drug-likeness (QED) is 0.219. The molecule has 0 aliphatic carbocycles. The van der Waals surface area contributed by atoms with Crippen LogP contribution in [0.25, 0.3) is 0 Å². The van der Waals surface area contributed by atoms with Crippen LogP contribution in [0, 0.1) is 11.8 Å². The average molecular weight is 453 g/mol. The van der Waals surface area contributed by atoms with Gasteiger partial charge in [-0.25, -0.2) is 0 Å². The second-order valence-corrected chi connectivity index (χ2v) is 9.08. The molecule has 7 N–H and O–H groups in total. The molecule has 0 spiro atoms. The van der Waals surface area contributed by atoms with Crippen molar-refractivity contribution in [3.8, 4) is 0 Å². The Morgan fingerprint density at radius 1 is 0.839 bits per heavy atom. The lowest BCUT2D eigenvalue weighted by Crippen LogP contribution is -2.67. The first-order valence-electron chi connectivity index (χ1n) is 11.2. The van der Waals surface area contributed by atoms with Gasteiger partial charge in [0.1, 0.15) is 36.6 Å². The highest BCUT2D eigenvalue weighted by atomic mass is 16.7. The van der Waals surface area contributed by atoms with E-state index < -0.39 is 73.2 Å². The summed E-state index contributed by atoms with van der Waals surface area (Å²) in [4.78, 5) is 0. The summed E-state index contributed by atoms with van der Waals surface area (Å²) in [5.74, 6) is -0.490. The van der Waals surface area contributed by atoms with Crippen LogP contribution in [0.15, 0.2) is 0 Å². The van der Waals surface area contributed by atoms with Crippen LogP contribution in [-0.2, 0) is 14.2 Å². The third kappa shape index (κ3) is 5.40. The molecule has 2 aliphatic rings. The number of hydrogen-bond donors (Lipinski definition) is 7. The van der Waals surface area contributed by atoms with E-state index >= 15 is 0 Å². The van der Waals surface area contributed by atoms with E-state index in [9.17, 15) is 35.7 Å². The predicted molar refractivity (Wildman–Crippen MR) is 109 cm³/mol. The van der Waals surface area contributed by atoms with Crippen molar-refractivity contribution in [1.29, 1.82) is 0 Å². The van der Waals surface area contributed by atoms with E-state index in [-0.39, 0.29) is 18.9 Å². The zero-order valence-electron chi connectivity index (χ0n) is 18.7. The highest BCUT2D eigenvalue weighted by Crippen LogP contribution is 2.39. The molecule has 2 heterocycles. The summed E-state index contributed by atoms with van der Waals surface area (Å²) < 4.78 is 17.5. The Hall–Kier alpha value is -0.400. The van der Waals surface area contributed by atoms with E-state index in [0.717, 1.165) is 12.8 Å². The van der Waals surface area contributed by atoms with Gasteiger partial charge in [0.25, 0.3) is 0 Å². The van der Waals surface area contributed by atoms with Crippen molar-refractivity contribution in [3.05, 3.63) is 0 Å². The summed E-state index contributed by atoms with van der Waals surface area (Å²) in [7, 11) is 0. The maximum atomic E-state index is 10.8.